The summed E-state index contributed by atoms with van der Waals surface area (Å²) in [6, 6.07) is 7.76. The third kappa shape index (κ3) is 3.83. The first kappa shape index (κ1) is 15.5. The number of nitrogens with zero attached hydrogens (tertiary/aromatic N) is 2. The van der Waals surface area contributed by atoms with Crippen LogP contribution in [0.2, 0.25) is 5.02 Å². The number of rotatable bonds is 5. The molecule has 1 aromatic heterocycles. The fourth-order valence-electron chi connectivity index (χ4n) is 1.59. The molecule has 1 N–H and O–H groups in total. The largest absolute Gasteiger partial charge is 0.486 e. The molecule has 0 fully saturated rings. The van der Waals surface area contributed by atoms with Crippen molar-refractivity contribution >= 4 is 39.0 Å². The highest BCUT2D eigenvalue weighted by molar-refractivity contribution is 9.10. The van der Waals surface area contributed by atoms with E-state index in [0.717, 1.165) is 0 Å². The van der Waals surface area contributed by atoms with Crippen molar-refractivity contribution in [2.24, 2.45) is 0 Å². The summed E-state index contributed by atoms with van der Waals surface area (Å²) in [5, 5.41) is 14.1. The summed E-state index contributed by atoms with van der Waals surface area (Å²) in [7, 11) is 1.75. The van der Waals surface area contributed by atoms with Crippen LogP contribution in [0, 0.1) is 10.1 Å². The number of nitrogens with one attached hydrogen (secondary N) is 1. The van der Waals surface area contributed by atoms with E-state index >= 15 is 0 Å². The van der Waals surface area contributed by atoms with Gasteiger partial charge in [0.2, 0.25) is 0 Å². The van der Waals surface area contributed by atoms with Gasteiger partial charge in [-0.15, -0.1) is 0 Å². The summed E-state index contributed by atoms with van der Waals surface area (Å²) in [4.78, 5) is 14.6. The number of non-ortho nitro benzene ring substituents is 1. The van der Waals surface area contributed by atoms with Gasteiger partial charge in [-0.1, -0.05) is 11.6 Å². The number of hydrogen-bond donors (Lipinski definition) is 1. The molecule has 1 heterocycles. The van der Waals surface area contributed by atoms with Gasteiger partial charge in [-0.3, -0.25) is 10.1 Å². The molecule has 0 amide bonds. The maximum Gasteiger partial charge on any atom is 0.273 e. The molecule has 6 nitrogen and oxygen atoms in total. The number of hydrogen-bond acceptors (Lipinski definition) is 5. The summed E-state index contributed by atoms with van der Waals surface area (Å²) < 4.78 is 6.19. The molecule has 0 aliphatic carbocycles. The Labute approximate surface area is 134 Å². The van der Waals surface area contributed by atoms with Crippen LogP contribution in [0.1, 0.15) is 5.69 Å². The van der Waals surface area contributed by atoms with Gasteiger partial charge < -0.3 is 10.1 Å². The minimum absolute atomic E-state index is 0.0452. The molecule has 2 rings (SSSR count). The van der Waals surface area contributed by atoms with Gasteiger partial charge in [0.1, 0.15) is 18.2 Å². The van der Waals surface area contributed by atoms with Crippen LogP contribution in [0.25, 0.3) is 0 Å². The highest BCUT2D eigenvalue weighted by Gasteiger charge is 2.12. The van der Waals surface area contributed by atoms with Crippen LogP contribution in [-0.2, 0) is 6.61 Å². The fraction of sp³-hybridized carbons (Fsp3) is 0.154. The molecule has 0 radical (unpaired) electrons. The van der Waals surface area contributed by atoms with Crippen LogP contribution in [0.3, 0.4) is 0 Å². The second-order valence-corrected chi connectivity index (χ2v) is 5.30. The summed E-state index contributed by atoms with van der Waals surface area (Å²) in [5.74, 6) is 1.02. The first-order chi connectivity index (χ1) is 10.0. The predicted molar refractivity (Wildman–Crippen MR) is 83.9 cm³/mol. The van der Waals surface area contributed by atoms with E-state index in [-0.39, 0.29) is 12.3 Å². The van der Waals surface area contributed by atoms with E-state index in [0.29, 0.717) is 26.8 Å². The SMILES string of the molecule is CNc1ccc(Cl)c(COc2cc([N+](=O)[O-])ccc2Br)n1. The molecule has 21 heavy (non-hydrogen) atoms. The Balaban J connectivity index is 2.20. The third-order valence-corrected chi connectivity index (χ3v) is 3.66. The Morgan fingerprint density at radius 2 is 2.19 bits per heavy atom. The van der Waals surface area contributed by atoms with E-state index < -0.39 is 4.92 Å². The summed E-state index contributed by atoms with van der Waals surface area (Å²) in [6.45, 7) is 0.105. The van der Waals surface area contributed by atoms with Crippen LogP contribution in [-0.4, -0.2) is 17.0 Å². The summed E-state index contributed by atoms with van der Waals surface area (Å²) in [6.07, 6.45) is 0. The van der Waals surface area contributed by atoms with E-state index in [1.165, 1.54) is 12.1 Å². The Kier molecular flexibility index (Phi) is 4.98. The quantitative estimate of drug-likeness (QED) is 0.633. The van der Waals surface area contributed by atoms with Gasteiger partial charge >= 0.3 is 0 Å². The third-order valence-electron chi connectivity index (χ3n) is 2.66. The monoisotopic (exact) mass is 371 g/mol. The van der Waals surface area contributed by atoms with Crippen molar-refractivity contribution in [3.8, 4) is 5.75 Å². The van der Waals surface area contributed by atoms with Crippen molar-refractivity contribution < 1.29 is 9.66 Å². The molecule has 0 spiro atoms. The minimum atomic E-state index is -0.480. The summed E-state index contributed by atoms with van der Waals surface area (Å²) in [5.41, 5.74) is 0.498. The number of anilines is 1. The van der Waals surface area contributed by atoms with Crippen molar-refractivity contribution in [2.45, 2.75) is 6.61 Å². The van der Waals surface area contributed by atoms with Crippen LogP contribution in [0.4, 0.5) is 11.5 Å². The Hall–Kier alpha value is -1.86. The van der Waals surface area contributed by atoms with Gasteiger partial charge in [-0.2, -0.15) is 0 Å². The molecule has 8 heteroatoms. The Morgan fingerprint density at radius 1 is 1.43 bits per heavy atom. The van der Waals surface area contributed by atoms with Crippen molar-refractivity contribution in [3.63, 3.8) is 0 Å². The number of benzene rings is 1. The van der Waals surface area contributed by atoms with Crippen molar-refractivity contribution in [2.75, 3.05) is 12.4 Å². The topological polar surface area (TPSA) is 77.3 Å². The highest BCUT2D eigenvalue weighted by Crippen LogP contribution is 2.30. The molecule has 110 valence electrons. The maximum atomic E-state index is 10.8. The number of pyridine rings is 1. The number of halogens is 2. The Morgan fingerprint density at radius 3 is 2.86 bits per heavy atom. The summed E-state index contributed by atoms with van der Waals surface area (Å²) >= 11 is 9.34. The second kappa shape index (κ2) is 6.73. The van der Waals surface area contributed by atoms with Gasteiger partial charge in [-0.05, 0) is 34.1 Å². The minimum Gasteiger partial charge on any atom is -0.486 e. The maximum absolute atomic E-state index is 10.8. The molecule has 0 unspecified atom stereocenters. The lowest BCUT2D eigenvalue weighted by Crippen LogP contribution is -2.02. The van der Waals surface area contributed by atoms with Crippen LogP contribution >= 0.6 is 27.5 Å². The van der Waals surface area contributed by atoms with Gasteiger partial charge in [-0.25, -0.2) is 4.98 Å². The zero-order valence-corrected chi connectivity index (χ0v) is 13.3. The molecular weight excluding hydrogens is 362 g/mol. The van der Waals surface area contributed by atoms with E-state index in [9.17, 15) is 10.1 Å². The van der Waals surface area contributed by atoms with E-state index in [1.54, 1.807) is 25.2 Å². The van der Waals surface area contributed by atoms with Gasteiger partial charge in [0.25, 0.3) is 5.69 Å². The second-order valence-electron chi connectivity index (χ2n) is 4.04. The zero-order chi connectivity index (χ0) is 15.4. The van der Waals surface area contributed by atoms with Crippen LogP contribution in [0.5, 0.6) is 5.75 Å². The zero-order valence-electron chi connectivity index (χ0n) is 11.0. The van der Waals surface area contributed by atoms with Crippen molar-refractivity contribution in [3.05, 3.63) is 55.6 Å². The van der Waals surface area contributed by atoms with E-state index in [2.05, 4.69) is 26.2 Å². The number of aromatic nitrogens is 1. The molecule has 0 aliphatic heterocycles. The van der Waals surface area contributed by atoms with Gasteiger partial charge in [0.15, 0.2) is 0 Å². The molecular formula is C13H11BrClN3O3. The normalized spacial score (nSPS) is 10.2. The lowest BCUT2D eigenvalue weighted by atomic mass is 10.3. The van der Waals surface area contributed by atoms with Crippen LogP contribution < -0.4 is 10.1 Å². The molecule has 1 aromatic carbocycles. The molecule has 0 saturated carbocycles. The highest BCUT2D eigenvalue weighted by atomic mass is 79.9. The standard InChI is InChI=1S/C13H11BrClN3O3/c1-16-13-5-4-10(15)11(17-13)7-21-12-6-8(18(19)20)2-3-9(12)14/h2-6H,7H2,1H3,(H,16,17). The average Bonchev–Trinajstić information content (AvgIpc) is 2.47. The van der Waals surface area contributed by atoms with Crippen molar-refractivity contribution in [1.82, 2.24) is 4.98 Å². The smallest absolute Gasteiger partial charge is 0.273 e. The fourth-order valence-corrected chi connectivity index (χ4v) is 2.11. The first-order valence-electron chi connectivity index (χ1n) is 5.91. The van der Waals surface area contributed by atoms with Crippen LogP contribution in [0.15, 0.2) is 34.8 Å². The lowest BCUT2D eigenvalue weighted by Gasteiger charge is -2.10. The molecule has 2 aromatic rings. The number of nitro benzene ring substituents is 1. The predicted octanol–water partition coefficient (Wildman–Crippen LogP) is 4.03. The molecule has 0 saturated heterocycles. The molecule has 0 bridgehead atoms. The Bertz CT molecular complexity index is 682. The van der Waals surface area contributed by atoms with E-state index in [4.69, 9.17) is 16.3 Å². The first-order valence-corrected chi connectivity index (χ1v) is 7.08. The average molecular weight is 373 g/mol. The number of nitro groups is 1. The molecule has 0 aliphatic rings. The van der Waals surface area contributed by atoms with E-state index in [1.807, 2.05) is 0 Å². The lowest BCUT2D eigenvalue weighted by molar-refractivity contribution is -0.385. The molecule has 0 atom stereocenters. The van der Waals surface area contributed by atoms with Gasteiger partial charge in [0.05, 0.1) is 26.2 Å². The number of ether oxygens (including phenoxy) is 1. The van der Waals surface area contributed by atoms with Crippen molar-refractivity contribution in [1.29, 1.82) is 0 Å². The van der Waals surface area contributed by atoms with Gasteiger partial charge in [0, 0.05) is 13.1 Å².